The summed E-state index contributed by atoms with van der Waals surface area (Å²) in [5.41, 5.74) is 7.86. The van der Waals surface area contributed by atoms with E-state index >= 15 is 0 Å². The number of ketones is 1. The molecule has 6 heteroatoms. The van der Waals surface area contributed by atoms with Crippen molar-refractivity contribution in [3.8, 4) is 0 Å². The van der Waals surface area contributed by atoms with Crippen LogP contribution in [0.3, 0.4) is 0 Å². The van der Waals surface area contributed by atoms with Gasteiger partial charge in [-0.1, -0.05) is 49.4 Å². The zero-order chi connectivity index (χ0) is 19.9. The first-order valence-electron chi connectivity index (χ1n) is 9.78. The maximum Gasteiger partial charge on any atom is 0.324 e. The lowest BCUT2D eigenvalue weighted by atomic mass is 10.1. The number of amides is 2. The molecule has 0 aromatic heterocycles. The molecule has 0 spiro atoms. The molecular weight excluding hydrogens is 352 g/mol. The van der Waals surface area contributed by atoms with E-state index in [1.807, 2.05) is 47.4 Å². The highest BCUT2D eigenvalue weighted by Crippen LogP contribution is 2.20. The summed E-state index contributed by atoms with van der Waals surface area (Å²) >= 11 is 0. The number of carbonyl (C=O) groups is 2. The molecule has 0 atom stereocenters. The first-order valence-corrected chi connectivity index (χ1v) is 9.78. The van der Waals surface area contributed by atoms with Crippen molar-refractivity contribution < 1.29 is 9.59 Å². The Morgan fingerprint density at radius 3 is 2.18 bits per heavy atom. The van der Waals surface area contributed by atoms with Crippen LogP contribution < -0.4 is 10.6 Å². The molecule has 0 radical (unpaired) electrons. The summed E-state index contributed by atoms with van der Waals surface area (Å²) in [5, 5.41) is 0. The number of carbonyl (C=O) groups excluding carboxylic acids is 2. The topological polar surface area (TPSA) is 69.9 Å². The third-order valence-corrected chi connectivity index (χ3v) is 5.19. The first-order chi connectivity index (χ1) is 13.6. The SMILES string of the molecule is CCN1CCN(C(=O)N(Cc2ccc(C(=O)CN)cc2)c2ccccc2)CC1. The van der Waals surface area contributed by atoms with Crippen molar-refractivity contribution in [1.82, 2.24) is 9.80 Å². The molecule has 28 heavy (non-hydrogen) atoms. The molecule has 1 fully saturated rings. The Hall–Kier alpha value is -2.70. The maximum absolute atomic E-state index is 13.3. The van der Waals surface area contributed by atoms with Crippen LogP contribution in [0.1, 0.15) is 22.8 Å². The van der Waals surface area contributed by atoms with Gasteiger partial charge in [0, 0.05) is 37.4 Å². The number of piperazine rings is 1. The fraction of sp³-hybridized carbons (Fsp3) is 0.364. The minimum Gasteiger partial charge on any atom is -0.324 e. The van der Waals surface area contributed by atoms with Gasteiger partial charge in [0.05, 0.1) is 13.1 Å². The lowest BCUT2D eigenvalue weighted by Gasteiger charge is -2.37. The number of nitrogens with zero attached hydrogens (tertiary/aromatic N) is 3. The van der Waals surface area contributed by atoms with Gasteiger partial charge in [0.25, 0.3) is 0 Å². The van der Waals surface area contributed by atoms with Crippen LogP contribution in [0.15, 0.2) is 54.6 Å². The van der Waals surface area contributed by atoms with Gasteiger partial charge in [0.1, 0.15) is 0 Å². The first kappa shape index (κ1) is 20.0. The molecule has 2 aromatic rings. The van der Waals surface area contributed by atoms with E-state index in [0.717, 1.165) is 44.0 Å². The Labute approximate surface area is 166 Å². The molecule has 1 heterocycles. The van der Waals surface area contributed by atoms with Crippen molar-refractivity contribution in [2.45, 2.75) is 13.5 Å². The summed E-state index contributed by atoms with van der Waals surface area (Å²) in [4.78, 5) is 31.1. The molecule has 2 amide bonds. The number of rotatable bonds is 6. The molecular formula is C22H28N4O2. The molecule has 0 unspecified atom stereocenters. The Kier molecular flexibility index (Phi) is 6.79. The van der Waals surface area contributed by atoms with Crippen LogP contribution in [0.4, 0.5) is 10.5 Å². The summed E-state index contributed by atoms with van der Waals surface area (Å²) in [7, 11) is 0. The number of hydrogen-bond acceptors (Lipinski definition) is 4. The lowest BCUT2D eigenvalue weighted by molar-refractivity contribution is 0.100. The van der Waals surface area contributed by atoms with E-state index in [1.54, 1.807) is 17.0 Å². The second-order valence-electron chi connectivity index (χ2n) is 6.95. The smallest absolute Gasteiger partial charge is 0.324 e. The number of anilines is 1. The number of Topliss-reactive ketones (excluding diaryl/α,β-unsaturated/α-hetero) is 1. The minimum absolute atomic E-state index is 0.00227. The fourth-order valence-corrected chi connectivity index (χ4v) is 3.40. The van der Waals surface area contributed by atoms with Gasteiger partial charge in [0.15, 0.2) is 5.78 Å². The van der Waals surface area contributed by atoms with E-state index in [-0.39, 0.29) is 18.4 Å². The average molecular weight is 380 g/mol. The Balaban J connectivity index is 1.78. The summed E-state index contributed by atoms with van der Waals surface area (Å²) in [6, 6.07) is 17.1. The van der Waals surface area contributed by atoms with E-state index in [9.17, 15) is 9.59 Å². The zero-order valence-electron chi connectivity index (χ0n) is 16.4. The molecule has 6 nitrogen and oxygen atoms in total. The number of benzene rings is 2. The Bertz CT molecular complexity index is 784. The van der Waals surface area contributed by atoms with Crippen LogP contribution in [0.2, 0.25) is 0 Å². The molecule has 1 aliphatic heterocycles. The van der Waals surface area contributed by atoms with Gasteiger partial charge in [-0.05, 0) is 24.2 Å². The largest absolute Gasteiger partial charge is 0.324 e. The highest BCUT2D eigenvalue weighted by Gasteiger charge is 2.26. The lowest BCUT2D eigenvalue weighted by Crippen LogP contribution is -2.52. The van der Waals surface area contributed by atoms with Crippen LogP contribution in [0.5, 0.6) is 0 Å². The number of likely N-dealkylation sites (N-methyl/N-ethyl adjacent to an activating group) is 1. The third kappa shape index (κ3) is 4.77. The van der Waals surface area contributed by atoms with Gasteiger partial charge in [-0.15, -0.1) is 0 Å². The standard InChI is InChI=1S/C22H28N4O2/c1-2-24-12-14-25(15-13-24)22(28)26(20-6-4-3-5-7-20)17-18-8-10-19(11-9-18)21(27)16-23/h3-11H,2,12-17,23H2,1H3. The van der Waals surface area contributed by atoms with Gasteiger partial charge < -0.3 is 15.5 Å². The number of hydrogen-bond donors (Lipinski definition) is 1. The minimum atomic E-state index is -0.0867. The van der Waals surface area contributed by atoms with Crippen molar-refractivity contribution in [3.63, 3.8) is 0 Å². The number of para-hydroxylation sites is 1. The average Bonchev–Trinajstić information content (AvgIpc) is 2.77. The van der Waals surface area contributed by atoms with Crippen LogP contribution in [-0.4, -0.2) is 60.9 Å². The highest BCUT2D eigenvalue weighted by atomic mass is 16.2. The molecule has 3 rings (SSSR count). The van der Waals surface area contributed by atoms with Crippen LogP contribution in [0, 0.1) is 0 Å². The number of urea groups is 1. The van der Waals surface area contributed by atoms with E-state index in [1.165, 1.54) is 0 Å². The van der Waals surface area contributed by atoms with Crippen molar-refractivity contribution in [2.75, 3.05) is 44.2 Å². The summed E-state index contributed by atoms with van der Waals surface area (Å²) in [6.45, 7) is 6.89. The molecule has 2 aromatic carbocycles. The van der Waals surface area contributed by atoms with Gasteiger partial charge >= 0.3 is 6.03 Å². The van der Waals surface area contributed by atoms with Gasteiger partial charge in [-0.2, -0.15) is 0 Å². The Morgan fingerprint density at radius 2 is 1.61 bits per heavy atom. The van der Waals surface area contributed by atoms with Gasteiger partial charge in [-0.25, -0.2) is 4.79 Å². The zero-order valence-corrected chi connectivity index (χ0v) is 16.4. The second-order valence-corrected chi connectivity index (χ2v) is 6.95. The summed E-state index contributed by atoms with van der Waals surface area (Å²) < 4.78 is 0. The molecule has 0 saturated carbocycles. The Morgan fingerprint density at radius 1 is 0.964 bits per heavy atom. The normalized spacial score (nSPS) is 14.7. The highest BCUT2D eigenvalue weighted by molar-refractivity contribution is 5.97. The summed E-state index contributed by atoms with van der Waals surface area (Å²) in [5.74, 6) is -0.0867. The molecule has 2 N–H and O–H groups in total. The molecule has 1 saturated heterocycles. The van der Waals surface area contributed by atoms with E-state index in [0.29, 0.717) is 12.1 Å². The third-order valence-electron chi connectivity index (χ3n) is 5.19. The van der Waals surface area contributed by atoms with E-state index in [4.69, 9.17) is 5.73 Å². The van der Waals surface area contributed by atoms with Crippen molar-refractivity contribution in [1.29, 1.82) is 0 Å². The van der Waals surface area contributed by atoms with Crippen LogP contribution in [-0.2, 0) is 6.54 Å². The van der Waals surface area contributed by atoms with Gasteiger partial charge in [0.2, 0.25) is 0 Å². The van der Waals surface area contributed by atoms with Gasteiger partial charge in [-0.3, -0.25) is 9.69 Å². The van der Waals surface area contributed by atoms with Crippen molar-refractivity contribution >= 4 is 17.5 Å². The molecule has 148 valence electrons. The van der Waals surface area contributed by atoms with Crippen molar-refractivity contribution in [2.24, 2.45) is 5.73 Å². The van der Waals surface area contributed by atoms with E-state index < -0.39 is 0 Å². The van der Waals surface area contributed by atoms with Crippen molar-refractivity contribution in [3.05, 3.63) is 65.7 Å². The predicted octanol–water partition coefficient (Wildman–Crippen LogP) is 2.59. The fourth-order valence-electron chi connectivity index (χ4n) is 3.40. The molecule has 1 aliphatic rings. The van der Waals surface area contributed by atoms with Crippen LogP contribution in [0.25, 0.3) is 0 Å². The quantitative estimate of drug-likeness (QED) is 0.782. The number of nitrogens with two attached hydrogens (primary N) is 1. The maximum atomic E-state index is 13.3. The summed E-state index contributed by atoms with van der Waals surface area (Å²) in [6.07, 6.45) is 0. The van der Waals surface area contributed by atoms with E-state index in [2.05, 4.69) is 11.8 Å². The molecule has 0 aliphatic carbocycles. The predicted molar refractivity (Wildman–Crippen MR) is 112 cm³/mol. The van der Waals surface area contributed by atoms with Crippen LogP contribution >= 0.6 is 0 Å². The monoisotopic (exact) mass is 380 g/mol. The molecule has 0 bridgehead atoms. The second kappa shape index (κ2) is 9.48.